The van der Waals surface area contributed by atoms with E-state index in [2.05, 4.69) is 57.3 Å². The summed E-state index contributed by atoms with van der Waals surface area (Å²) in [5, 5.41) is 4.54. The summed E-state index contributed by atoms with van der Waals surface area (Å²) in [5.74, 6) is 2.79. The first-order chi connectivity index (χ1) is 9.26. The summed E-state index contributed by atoms with van der Waals surface area (Å²) in [5.41, 5.74) is 2.20. The largest absolute Gasteiger partial charge is 0.300 e. The van der Waals surface area contributed by atoms with Gasteiger partial charge in [-0.2, -0.15) is 0 Å². The van der Waals surface area contributed by atoms with Gasteiger partial charge in [-0.3, -0.25) is 10.3 Å². The summed E-state index contributed by atoms with van der Waals surface area (Å²) in [6.45, 7) is 2.89. The van der Waals surface area contributed by atoms with Gasteiger partial charge in [-0.1, -0.05) is 47.3 Å². The molecular formula is C16H17BrN2. The number of pyridine rings is 1. The molecule has 1 unspecified atom stereocenters. The average Bonchev–Trinajstić information content (AvgIpc) is 2.45. The number of halogens is 1. The standard InChI is InChI=1S/C16H17BrN2/c1-3-6-13(4-2)19-11-12-8-9-15(17)14-7-5-10-18-16(12)14/h2,5,7-10,13,19H,3,6,11H2,1H3. The van der Waals surface area contributed by atoms with Crippen LogP contribution in [0, 0.1) is 12.3 Å². The van der Waals surface area contributed by atoms with Crippen LogP contribution in [0.4, 0.5) is 0 Å². The van der Waals surface area contributed by atoms with Crippen molar-refractivity contribution in [2.24, 2.45) is 0 Å². The van der Waals surface area contributed by atoms with Crippen LogP contribution >= 0.6 is 15.9 Å². The number of terminal acetylenes is 1. The molecular weight excluding hydrogens is 300 g/mol. The Morgan fingerprint density at radius 2 is 2.26 bits per heavy atom. The van der Waals surface area contributed by atoms with Crippen molar-refractivity contribution in [1.29, 1.82) is 0 Å². The van der Waals surface area contributed by atoms with E-state index < -0.39 is 0 Å². The highest BCUT2D eigenvalue weighted by molar-refractivity contribution is 9.10. The molecule has 0 spiro atoms. The number of aromatic nitrogens is 1. The molecule has 0 aliphatic carbocycles. The maximum absolute atomic E-state index is 5.52. The molecule has 1 aromatic carbocycles. The van der Waals surface area contributed by atoms with Gasteiger partial charge in [0.2, 0.25) is 0 Å². The minimum absolute atomic E-state index is 0.132. The molecule has 0 amide bonds. The fourth-order valence-electron chi connectivity index (χ4n) is 2.11. The Labute approximate surface area is 122 Å². The van der Waals surface area contributed by atoms with E-state index >= 15 is 0 Å². The van der Waals surface area contributed by atoms with Crippen LogP contribution in [0.2, 0.25) is 0 Å². The van der Waals surface area contributed by atoms with Gasteiger partial charge in [-0.25, -0.2) is 0 Å². The summed E-state index contributed by atoms with van der Waals surface area (Å²) in [7, 11) is 0. The van der Waals surface area contributed by atoms with Gasteiger partial charge in [0.15, 0.2) is 0 Å². The maximum atomic E-state index is 5.52. The van der Waals surface area contributed by atoms with Crippen LogP contribution in [-0.4, -0.2) is 11.0 Å². The molecule has 2 aromatic rings. The summed E-state index contributed by atoms with van der Waals surface area (Å²) in [4.78, 5) is 4.47. The fourth-order valence-corrected chi connectivity index (χ4v) is 2.56. The summed E-state index contributed by atoms with van der Waals surface area (Å²) in [6, 6.07) is 8.30. The van der Waals surface area contributed by atoms with Gasteiger partial charge < -0.3 is 0 Å². The van der Waals surface area contributed by atoms with E-state index in [1.54, 1.807) is 0 Å². The van der Waals surface area contributed by atoms with E-state index in [-0.39, 0.29) is 6.04 Å². The Morgan fingerprint density at radius 1 is 1.42 bits per heavy atom. The zero-order chi connectivity index (χ0) is 13.7. The van der Waals surface area contributed by atoms with Gasteiger partial charge in [0.1, 0.15) is 0 Å². The number of hydrogen-bond acceptors (Lipinski definition) is 2. The van der Waals surface area contributed by atoms with Crippen LogP contribution in [0.5, 0.6) is 0 Å². The SMILES string of the molecule is C#CC(CCC)NCc1ccc(Br)c2cccnc12. The molecule has 0 radical (unpaired) electrons. The van der Waals surface area contributed by atoms with E-state index in [0.717, 1.165) is 34.8 Å². The highest BCUT2D eigenvalue weighted by Crippen LogP contribution is 2.25. The van der Waals surface area contributed by atoms with E-state index in [4.69, 9.17) is 6.42 Å². The second-order valence-corrected chi connectivity index (χ2v) is 5.35. The van der Waals surface area contributed by atoms with Crippen LogP contribution < -0.4 is 5.32 Å². The molecule has 1 atom stereocenters. The molecule has 0 bridgehead atoms. The summed E-state index contributed by atoms with van der Waals surface area (Å²) < 4.78 is 1.07. The predicted molar refractivity (Wildman–Crippen MR) is 83.8 cm³/mol. The quantitative estimate of drug-likeness (QED) is 0.846. The minimum Gasteiger partial charge on any atom is -0.300 e. The van der Waals surface area contributed by atoms with Crippen molar-refractivity contribution < 1.29 is 0 Å². The number of fused-ring (bicyclic) bond motifs is 1. The van der Waals surface area contributed by atoms with Crippen molar-refractivity contribution in [2.75, 3.05) is 0 Å². The zero-order valence-electron chi connectivity index (χ0n) is 11.0. The Hall–Kier alpha value is -1.37. The molecule has 19 heavy (non-hydrogen) atoms. The van der Waals surface area contributed by atoms with Gasteiger partial charge in [0, 0.05) is 22.6 Å². The van der Waals surface area contributed by atoms with E-state index in [9.17, 15) is 0 Å². The van der Waals surface area contributed by atoms with Gasteiger partial charge in [-0.05, 0) is 24.1 Å². The molecule has 0 aliphatic rings. The Morgan fingerprint density at radius 3 is 3.00 bits per heavy atom. The summed E-state index contributed by atoms with van der Waals surface area (Å²) in [6.07, 6.45) is 9.43. The van der Waals surface area contributed by atoms with E-state index in [1.807, 2.05) is 12.3 Å². The normalized spacial score (nSPS) is 12.3. The number of hydrogen-bond donors (Lipinski definition) is 1. The molecule has 0 aliphatic heterocycles. The molecule has 2 nitrogen and oxygen atoms in total. The first-order valence-corrected chi connectivity index (χ1v) is 7.27. The Balaban J connectivity index is 2.22. The van der Waals surface area contributed by atoms with Crippen molar-refractivity contribution in [2.45, 2.75) is 32.4 Å². The second kappa shape index (κ2) is 6.70. The molecule has 1 heterocycles. The van der Waals surface area contributed by atoms with Gasteiger partial charge in [-0.15, -0.1) is 6.42 Å². The lowest BCUT2D eigenvalue weighted by Crippen LogP contribution is -2.26. The van der Waals surface area contributed by atoms with E-state index in [1.165, 1.54) is 5.56 Å². The highest BCUT2D eigenvalue weighted by atomic mass is 79.9. The summed E-state index contributed by atoms with van der Waals surface area (Å²) >= 11 is 3.56. The van der Waals surface area contributed by atoms with Crippen molar-refractivity contribution in [3.63, 3.8) is 0 Å². The van der Waals surface area contributed by atoms with Crippen molar-refractivity contribution in [1.82, 2.24) is 10.3 Å². The number of nitrogens with zero attached hydrogens (tertiary/aromatic N) is 1. The van der Waals surface area contributed by atoms with Gasteiger partial charge in [0.25, 0.3) is 0 Å². The number of nitrogens with one attached hydrogen (secondary N) is 1. The first kappa shape index (κ1) is 14.0. The van der Waals surface area contributed by atoms with Crippen LogP contribution in [-0.2, 0) is 6.54 Å². The number of benzene rings is 1. The van der Waals surface area contributed by atoms with Crippen LogP contribution in [0.1, 0.15) is 25.3 Å². The highest BCUT2D eigenvalue weighted by Gasteiger charge is 2.07. The molecule has 2 rings (SSSR count). The first-order valence-electron chi connectivity index (χ1n) is 6.48. The van der Waals surface area contributed by atoms with Crippen molar-refractivity contribution in [3.8, 4) is 12.3 Å². The van der Waals surface area contributed by atoms with Gasteiger partial charge >= 0.3 is 0 Å². The lowest BCUT2D eigenvalue weighted by molar-refractivity contribution is 0.564. The third-order valence-electron chi connectivity index (χ3n) is 3.12. The molecule has 1 aromatic heterocycles. The van der Waals surface area contributed by atoms with Crippen molar-refractivity contribution in [3.05, 3.63) is 40.5 Å². The Bertz CT molecular complexity index is 601. The van der Waals surface area contributed by atoms with Crippen molar-refractivity contribution >= 4 is 26.8 Å². The molecule has 0 fully saturated rings. The molecule has 98 valence electrons. The van der Waals surface area contributed by atoms with Crippen LogP contribution in [0.15, 0.2) is 34.9 Å². The second-order valence-electron chi connectivity index (χ2n) is 4.49. The zero-order valence-corrected chi connectivity index (χ0v) is 12.6. The lowest BCUT2D eigenvalue weighted by atomic mass is 10.1. The Kier molecular flexibility index (Phi) is 4.95. The smallest absolute Gasteiger partial charge is 0.0758 e. The maximum Gasteiger partial charge on any atom is 0.0758 e. The lowest BCUT2D eigenvalue weighted by Gasteiger charge is -2.13. The third kappa shape index (κ3) is 3.34. The van der Waals surface area contributed by atoms with E-state index in [0.29, 0.717) is 0 Å². The topological polar surface area (TPSA) is 24.9 Å². The minimum atomic E-state index is 0.132. The monoisotopic (exact) mass is 316 g/mol. The predicted octanol–water partition coefficient (Wildman–Crippen LogP) is 3.89. The molecule has 0 saturated carbocycles. The number of rotatable bonds is 5. The fraction of sp³-hybridized carbons (Fsp3) is 0.312. The average molecular weight is 317 g/mol. The third-order valence-corrected chi connectivity index (χ3v) is 3.81. The van der Waals surface area contributed by atoms with Crippen LogP contribution in [0.25, 0.3) is 10.9 Å². The molecule has 0 saturated heterocycles. The van der Waals surface area contributed by atoms with Crippen LogP contribution in [0.3, 0.4) is 0 Å². The molecule has 1 N–H and O–H groups in total. The van der Waals surface area contributed by atoms with Gasteiger partial charge in [0.05, 0.1) is 11.6 Å². The molecule has 3 heteroatoms.